The molecule has 0 atom stereocenters. The van der Waals surface area contributed by atoms with Gasteiger partial charge in [-0.2, -0.15) is 0 Å². The zero-order chi connectivity index (χ0) is 17.5. The van der Waals surface area contributed by atoms with E-state index in [9.17, 15) is 14.7 Å². The van der Waals surface area contributed by atoms with E-state index < -0.39 is 17.7 Å². The minimum absolute atomic E-state index is 0.0935. The first-order valence-corrected chi connectivity index (χ1v) is 8.96. The van der Waals surface area contributed by atoms with Gasteiger partial charge in [0.2, 0.25) is 0 Å². The average molecular weight is 336 g/mol. The molecule has 0 unspecified atom stereocenters. The summed E-state index contributed by atoms with van der Waals surface area (Å²) in [5, 5.41) is 9.52. The Morgan fingerprint density at radius 3 is 2.00 bits per heavy atom. The molecule has 0 saturated heterocycles. The first-order valence-electron chi connectivity index (χ1n) is 8.96. The van der Waals surface area contributed by atoms with Crippen molar-refractivity contribution in [1.29, 1.82) is 0 Å². The predicted octanol–water partition coefficient (Wildman–Crippen LogP) is 4.51. The summed E-state index contributed by atoms with van der Waals surface area (Å²) in [7, 11) is 0. The van der Waals surface area contributed by atoms with E-state index in [1.165, 1.54) is 19.3 Å². The molecule has 4 bridgehead atoms. The molecule has 0 heterocycles. The van der Waals surface area contributed by atoms with Gasteiger partial charge in [-0.1, -0.05) is 0 Å². The van der Waals surface area contributed by atoms with Gasteiger partial charge in [0.15, 0.2) is 0 Å². The van der Waals surface area contributed by atoms with Gasteiger partial charge in [0.1, 0.15) is 11.9 Å². The maximum Gasteiger partial charge on any atom is 0.513 e. The molecule has 0 aliphatic heterocycles. The third-order valence-corrected chi connectivity index (χ3v) is 5.69. The average Bonchev–Trinajstić information content (AvgIpc) is 2.39. The van der Waals surface area contributed by atoms with Crippen LogP contribution in [-0.4, -0.2) is 22.8 Å². The minimum atomic E-state index is -1.01. The monoisotopic (exact) mass is 336 g/mol. The van der Waals surface area contributed by atoms with Crippen LogP contribution in [0, 0.1) is 23.2 Å². The molecule has 4 rings (SSSR count). The molecule has 0 radical (unpaired) electrons. The highest BCUT2D eigenvalue weighted by Gasteiger charge is 2.51. The van der Waals surface area contributed by atoms with Gasteiger partial charge >= 0.3 is 12.1 Å². The van der Waals surface area contributed by atoms with Gasteiger partial charge in [0, 0.05) is 0 Å². The summed E-state index contributed by atoms with van der Waals surface area (Å²) in [5.74, 6) is 1.28. The molecule has 5 heteroatoms. The third kappa shape index (κ3) is 3.93. The fourth-order valence-electron chi connectivity index (χ4n) is 5.47. The molecule has 4 aliphatic rings. The fraction of sp³-hybridized carbons (Fsp3) is 0.789. The first-order chi connectivity index (χ1) is 11.1. The molecule has 4 saturated carbocycles. The molecular weight excluding hydrogens is 308 g/mol. The third-order valence-electron chi connectivity index (χ3n) is 5.69. The number of carboxylic acid groups (broad SMARTS) is 1. The molecule has 0 amide bonds. The Balaban J connectivity index is 1.67. The summed E-state index contributed by atoms with van der Waals surface area (Å²) >= 11 is 0. The van der Waals surface area contributed by atoms with Gasteiger partial charge in [-0.3, -0.25) is 0 Å². The summed E-state index contributed by atoms with van der Waals surface area (Å²) in [5.41, 5.74) is -0.382. The van der Waals surface area contributed by atoms with Crippen LogP contribution in [-0.2, 0) is 14.3 Å². The molecule has 0 aromatic carbocycles. The van der Waals surface area contributed by atoms with E-state index in [0.29, 0.717) is 6.42 Å². The standard InChI is InChI=1S/C19H28O5/c1-18(2,3)24-17(22)23-11-15(16(20)21)10-19-7-12-4-13(8-19)6-14(5-12)9-19/h11-14H,4-10H2,1-3H3,(H,20,21). The van der Waals surface area contributed by atoms with Gasteiger partial charge in [-0.15, -0.1) is 0 Å². The van der Waals surface area contributed by atoms with Gasteiger partial charge in [-0.25, -0.2) is 9.59 Å². The summed E-state index contributed by atoms with van der Waals surface area (Å²) in [6.07, 6.45) is 8.05. The molecule has 1 N–H and O–H groups in total. The Labute approximate surface area is 143 Å². The maximum absolute atomic E-state index is 11.7. The second kappa shape index (κ2) is 6.08. The van der Waals surface area contributed by atoms with Crippen LogP contribution >= 0.6 is 0 Å². The van der Waals surface area contributed by atoms with Crippen molar-refractivity contribution in [2.75, 3.05) is 0 Å². The number of carboxylic acids is 1. The summed E-state index contributed by atoms with van der Waals surface area (Å²) in [6, 6.07) is 0. The number of rotatable bonds is 4. The molecule has 5 nitrogen and oxygen atoms in total. The van der Waals surface area contributed by atoms with E-state index in [1.54, 1.807) is 20.8 Å². The van der Waals surface area contributed by atoms with Crippen molar-refractivity contribution in [2.24, 2.45) is 23.2 Å². The first kappa shape index (κ1) is 17.3. The highest BCUT2D eigenvalue weighted by Crippen LogP contribution is 2.62. The summed E-state index contributed by atoms with van der Waals surface area (Å²) in [4.78, 5) is 23.3. The molecule has 134 valence electrons. The second-order valence-electron chi connectivity index (χ2n) is 9.12. The van der Waals surface area contributed by atoms with E-state index >= 15 is 0 Å². The zero-order valence-electron chi connectivity index (χ0n) is 14.8. The molecule has 0 spiro atoms. The Morgan fingerprint density at radius 2 is 1.58 bits per heavy atom. The number of hydrogen-bond donors (Lipinski definition) is 1. The van der Waals surface area contributed by atoms with Crippen LogP contribution in [0.5, 0.6) is 0 Å². The van der Waals surface area contributed by atoms with Crippen molar-refractivity contribution in [3.63, 3.8) is 0 Å². The van der Waals surface area contributed by atoms with Crippen molar-refractivity contribution in [3.8, 4) is 0 Å². The number of aliphatic carboxylic acids is 1. The van der Waals surface area contributed by atoms with Gasteiger partial charge < -0.3 is 14.6 Å². The normalized spacial score (nSPS) is 35.0. The van der Waals surface area contributed by atoms with Crippen LogP contribution in [0.25, 0.3) is 0 Å². The number of hydrogen-bond acceptors (Lipinski definition) is 4. The quantitative estimate of drug-likeness (QED) is 0.464. The Morgan fingerprint density at radius 1 is 1.08 bits per heavy atom. The minimum Gasteiger partial charge on any atom is -0.478 e. The number of carbonyl (C=O) groups is 2. The fourth-order valence-corrected chi connectivity index (χ4v) is 5.47. The predicted molar refractivity (Wildman–Crippen MR) is 88.3 cm³/mol. The van der Waals surface area contributed by atoms with E-state index in [4.69, 9.17) is 9.47 Å². The van der Waals surface area contributed by atoms with E-state index in [-0.39, 0.29) is 11.0 Å². The number of carbonyl (C=O) groups excluding carboxylic acids is 1. The van der Waals surface area contributed by atoms with Crippen LogP contribution in [0.3, 0.4) is 0 Å². The van der Waals surface area contributed by atoms with Crippen LogP contribution in [0.15, 0.2) is 11.8 Å². The van der Waals surface area contributed by atoms with E-state index in [1.807, 2.05) is 0 Å². The lowest BCUT2D eigenvalue weighted by Gasteiger charge is -2.57. The highest BCUT2D eigenvalue weighted by atomic mass is 16.7. The van der Waals surface area contributed by atoms with E-state index in [0.717, 1.165) is 43.3 Å². The lowest BCUT2D eigenvalue weighted by Crippen LogP contribution is -2.46. The smallest absolute Gasteiger partial charge is 0.478 e. The molecule has 4 fully saturated rings. The van der Waals surface area contributed by atoms with Crippen LogP contribution in [0.2, 0.25) is 0 Å². The molecule has 0 aromatic rings. The Bertz CT molecular complexity index is 519. The van der Waals surface area contributed by atoms with Crippen molar-refractivity contribution >= 4 is 12.1 Å². The largest absolute Gasteiger partial charge is 0.513 e. The molecule has 4 aliphatic carbocycles. The van der Waals surface area contributed by atoms with Crippen LogP contribution in [0.1, 0.15) is 65.7 Å². The molecule has 24 heavy (non-hydrogen) atoms. The Hall–Kier alpha value is -1.52. The zero-order valence-corrected chi connectivity index (χ0v) is 14.8. The van der Waals surface area contributed by atoms with Crippen molar-refractivity contribution < 1.29 is 24.2 Å². The second-order valence-corrected chi connectivity index (χ2v) is 9.12. The molecular formula is C19H28O5. The molecule has 0 aromatic heterocycles. The van der Waals surface area contributed by atoms with Crippen LogP contribution in [0.4, 0.5) is 4.79 Å². The summed E-state index contributed by atoms with van der Waals surface area (Å²) in [6.45, 7) is 5.22. The number of ether oxygens (including phenoxy) is 2. The lowest BCUT2D eigenvalue weighted by atomic mass is 9.48. The van der Waals surface area contributed by atoms with Crippen molar-refractivity contribution in [1.82, 2.24) is 0 Å². The summed E-state index contributed by atoms with van der Waals surface area (Å²) < 4.78 is 10.0. The maximum atomic E-state index is 11.7. The van der Waals surface area contributed by atoms with Gasteiger partial charge in [0.05, 0.1) is 5.57 Å². The van der Waals surface area contributed by atoms with Gasteiger partial charge in [0.25, 0.3) is 0 Å². The van der Waals surface area contributed by atoms with Gasteiger partial charge in [-0.05, 0) is 88.9 Å². The lowest BCUT2D eigenvalue weighted by molar-refractivity contribution is -0.134. The SMILES string of the molecule is CC(C)(C)OC(=O)OC=C(CC12CC3CC(CC(C3)C1)C2)C(=O)O. The Kier molecular flexibility index (Phi) is 4.39. The van der Waals surface area contributed by atoms with Crippen LogP contribution < -0.4 is 0 Å². The van der Waals surface area contributed by atoms with Crippen molar-refractivity contribution in [3.05, 3.63) is 11.8 Å². The topological polar surface area (TPSA) is 72.8 Å². The van der Waals surface area contributed by atoms with Crippen molar-refractivity contribution in [2.45, 2.75) is 71.3 Å². The van der Waals surface area contributed by atoms with E-state index in [2.05, 4.69) is 0 Å². The highest BCUT2D eigenvalue weighted by molar-refractivity contribution is 5.86.